The highest BCUT2D eigenvalue weighted by Crippen LogP contribution is 2.50. The van der Waals surface area contributed by atoms with E-state index < -0.39 is 5.97 Å². The van der Waals surface area contributed by atoms with Crippen molar-refractivity contribution in [2.24, 2.45) is 11.8 Å². The van der Waals surface area contributed by atoms with E-state index >= 15 is 0 Å². The van der Waals surface area contributed by atoms with Gasteiger partial charge in [-0.05, 0) is 13.0 Å². The molecule has 3 atom stereocenters. The number of rotatable bonds is 3. The zero-order valence-electron chi connectivity index (χ0n) is 8.56. The predicted molar refractivity (Wildman–Crippen MR) is 48.6 cm³/mol. The maximum Gasteiger partial charge on any atom is 0.372 e. The fourth-order valence-electron chi connectivity index (χ4n) is 1.76. The molecule has 0 spiro atoms. The van der Waals surface area contributed by atoms with Crippen molar-refractivity contribution in [3.05, 3.63) is 11.8 Å². The Bertz CT molecular complexity index is 333. The van der Waals surface area contributed by atoms with E-state index in [9.17, 15) is 9.59 Å². The molecular formula is C10H12O5. The van der Waals surface area contributed by atoms with Crippen molar-refractivity contribution in [3.63, 3.8) is 0 Å². The molecule has 0 aromatic heterocycles. The van der Waals surface area contributed by atoms with Gasteiger partial charge in [0.05, 0.1) is 13.7 Å². The number of hydrogen-bond donors (Lipinski definition) is 0. The average Bonchev–Trinajstić information content (AvgIpc) is 2.73. The Morgan fingerprint density at radius 2 is 2.27 bits per heavy atom. The normalized spacial score (nSPS) is 31.1. The van der Waals surface area contributed by atoms with E-state index in [1.807, 2.05) is 0 Å². The second kappa shape index (κ2) is 3.56. The number of fused-ring (bicyclic) bond motifs is 1. The molecule has 5 nitrogen and oxygen atoms in total. The van der Waals surface area contributed by atoms with Gasteiger partial charge in [-0.25, -0.2) is 4.79 Å². The molecule has 0 aromatic rings. The summed E-state index contributed by atoms with van der Waals surface area (Å²) in [7, 11) is 1.29. The Labute approximate surface area is 87.0 Å². The van der Waals surface area contributed by atoms with Crippen molar-refractivity contribution >= 4 is 11.9 Å². The van der Waals surface area contributed by atoms with Crippen LogP contribution in [-0.2, 0) is 23.8 Å². The van der Waals surface area contributed by atoms with Crippen LogP contribution in [0, 0.1) is 11.8 Å². The third kappa shape index (κ3) is 1.58. The van der Waals surface area contributed by atoms with Crippen LogP contribution in [0.4, 0.5) is 0 Å². The van der Waals surface area contributed by atoms with Gasteiger partial charge in [0.15, 0.2) is 0 Å². The van der Waals surface area contributed by atoms with Crippen LogP contribution < -0.4 is 0 Å². The molecule has 0 radical (unpaired) electrons. The van der Waals surface area contributed by atoms with Gasteiger partial charge in [-0.15, -0.1) is 0 Å². The number of esters is 2. The molecule has 0 unspecified atom stereocenters. The molecule has 1 aliphatic heterocycles. The standard InChI is InChI=1S/C10H12O5/c1-3-14-10(12)7-5-4-6(9(11)13-2)15-8(5)7/h4-5,7-8H,3H2,1-2H3/t5-,7-,8-/m1/s1. The molecule has 0 saturated heterocycles. The summed E-state index contributed by atoms with van der Waals surface area (Å²) >= 11 is 0. The Balaban J connectivity index is 1.93. The monoisotopic (exact) mass is 212 g/mol. The Kier molecular flexibility index (Phi) is 2.38. The molecule has 15 heavy (non-hydrogen) atoms. The topological polar surface area (TPSA) is 61.8 Å². The van der Waals surface area contributed by atoms with E-state index in [2.05, 4.69) is 4.74 Å². The first-order chi connectivity index (χ1) is 7.19. The number of methoxy groups -OCH3 is 1. The third-order valence-corrected chi connectivity index (χ3v) is 2.56. The lowest BCUT2D eigenvalue weighted by molar-refractivity contribution is -0.147. The van der Waals surface area contributed by atoms with Gasteiger partial charge in [0.1, 0.15) is 12.0 Å². The van der Waals surface area contributed by atoms with Crippen molar-refractivity contribution < 1.29 is 23.8 Å². The first-order valence-corrected chi connectivity index (χ1v) is 4.82. The van der Waals surface area contributed by atoms with Crippen molar-refractivity contribution in [2.45, 2.75) is 13.0 Å². The van der Waals surface area contributed by atoms with Crippen molar-refractivity contribution in [2.75, 3.05) is 13.7 Å². The van der Waals surface area contributed by atoms with E-state index in [4.69, 9.17) is 9.47 Å². The summed E-state index contributed by atoms with van der Waals surface area (Å²) in [5.74, 6) is -0.804. The van der Waals surface area contributed by atoms with Crippen molar-refractivity contribution in [1.29, 1.82) is 0 Å². The largest absolute Gasteiger partial charge is 0.482 e. The molecule has 1 fully saturated rings. The van der Waals surface area contributed by atoms with Gasteiger partial charge in [-0.3, -0.25) is 4.79 Å². The minimum atomic E-state index is -0.496. The highest BCUT2D eigenvalue weighted by molar-refractivity contribution is 5.88. The molecule has 82 valence electrons. The molecule has 2 rings (SSSR count). The van der Waals surface area contributed by atoms with Gasteiger partial charge in [-0.2, -0.15) is 0 Å². The van der Waals surface area contributed by atoms with E-state index in [1.165, 1.54) is 7.11 Å². The van der Waals surface area contributed by atoms with Crippen LogP contribution in [0.5, 0.6) is 0 Å². The van der Waals surface area contributed by atoms with Gasteiger partial charge in [0.2, 0.25) is 5.76 Å². The van der Waals surface area contributed by atoms with E-state index in [1.54, 1.807) is 13.0 Å². The zero-order chi connectivity index (χ0) is 11.0. The first-order valence-electron chi connectivity index (χ1n) is 4.82. The van der Waals surface area contributed by atoms with E-state index in [0.29, 0.717) is 6.61 Å². The minimum Gasteiger partial charge on any atom is -0.482 e. The number of hydrogen-bond acceptors (Lipinski definition) is 5. The van der Waals surface area contributed by atoms with E-state index in [-0.39, 0.29) is 29.7 Å². The maximum atomic E-state index is 11.3. The summed E-state index contributed by atoms with van der Waals surface area (Å²) in [5, 5.41) is 0. The fraction of sp³-hybridized carbons (Fsp3) is 0.600. The molecule has 2 aliphatic rings. The van der Waals surface area contributed by atoms with Crippen molar-refractivity contribution in [3.8, 4) is 0 Å². The molecule has 1 aliphatic carbocycles. The van der Waals surface area contributed by atoms with Crippen LogP contribution in [0.2, 0.25) is 0 Å². The first kappa shape index (κ1) is 10.0. The molecule has 1 saturated carbocycles. The molecular weight excluding hydrogens is 200 g/mol. The highest BCUT2D eigenvalue weighted by Gasteiger charge is 2.61. The summed E-state index contributed by atoms with van der Waals surface area (Å²) in [6.45, 7) is 2.12. The molecule has 0 bridgehead atoms. The lowest BCUT2D eigenvalue weighted by Gasteiger charge is -2.06. The third-order valence-electron chi connectivity index (χ3n) is 2.56. The van der Waals surface area contributed by atoms with Gasteiger partial charge in [-0.1, -0.05) is 0 Å². The van der Waals surface area contributed by atoms with E-state index in [0.717, 1.165) is 0 Å². The highest BCUT2D eigenvalue weighted by atomic mass is 16.6. The Hall–Kier alpha value is -1.52. The number of carbonyl (C=O) groups excluding carboxylic acids is 2. The van der Waals surface area contributed by atoms with Crippen LogP contribution in [0.25, 0.3) is 0 Å². The Morgan fingerprint density at radius 3 is 2.73 bits per heavy atom. The number of carbonyl (C=O) groups is 2. The summed E-state index contributed by atoms with van der Waals surface area (Å²) in [6, 6.07) is 0. The quantitative estimate of drug-likeness (QED) is 0.627. The fourth-order valence-corrected chi connectivity index (χ4v) is 1.76. The molecule has 0 amide bonds. The average molecular weight is 212 g/mol. The Morgan fingerprint density at radius 1 is 1.53 bits per heavy atom. The summed E-state index contributed by atoms with van der Waals surface area (Å²) in [5.41, 5.74) is 0. The lowest BCUT2D eigenvalue weighted by atomic mass is 10.3. The zero-order valence-corrected chi connectivity index (χ0v) is 8.56. The SMILES string of the molecule is CCOC(=O)[C@@H]1[C@H]2C=C(C(=O)OC)O[C@H]21. The summed E-state index contributed by atoms with van der Waals surface area (Å²) < 4.78 is 14.6. The number of ether oxygens (including phenoxy) is 3. The predicted octanol–water partition coefficient (Wildman–Crippen LogP) is 0.251. The molecule has 0 N–H and O–H groups in total. The van der Waals surface area contributed by atoms with Gasteiger partial charge >= 0.3 is 11.9 Å². The van der Waals surface area contributed by atoms with Crippen LogP contribution in [0.1, 0.15) is 6.92 Å². The smallest absolute Gasteiger partial charge is 0.372 e. The van der Waals surface area contributed by atoms with Crippen LogP contribution >= 0.6 is 0 Å². The molecule has 0 aromatic carbocycles. The minimum absolute atomic E-state index is 0.0156. The van der Waals surface area contributed by atoms with Crippen LogP contribution in [-0.4, -0.2) is 31.8 Å². The van der Waals surface area contributed by atoms with Crippen LogP contribution in [0.3, 0.4) is 0 Å². The summed E-state index contributed by atoms with van der Waals surface area (Å²) in [4.78, 5) is 22.4. The maximum absolute atomic E-state index is 11.3. The summed E-state index contributed by atoms with van der Waals surface area (Å²) in [6.07, 6.45) is 1.41. The second-order valence-corrected chi connectivity index (χ2v) is 3.46. The van der Waals surface area contributed by atoms with Gasteiger partial charge < -0.3 is 14.2 Å². The lowest BCUT2D eigenvalue weighted by Crippen LogP contribution is -2.14. The van der Waals surface area contributed by atoms with Crippen LogP contribution in [0.15, 0.2) is 11.8 Å². The van der Waals surface area contributed by atoms with Gasteiger partial charge in [0, 0.05) is 5.92 Å². The molecule has 5 heteroatoms. The molecule has 1 heterocycles. The second-order valence-electron chi connectivity index (χ2n) is 3.46. The van der Waals surface area contributed by atoms with Crippen molar-refractivity contribution in [1.82, 2.24) is 0 Å². The van der Waals surface area contributed by atoms with Gasteiger partial charge in [0.25, 0.3) is 0 Å².